The molecule has 0 spiro atoms. The highest BCUT2D eigenvalue weighted by atomic mass is 19.4. The summed E-state index contributed by atoms with van der Waals surface area (Å²) in [5, 5.41) is 9.17. The minimum absolute atomic E-state index is 0.0430. The minimum atomic E-state index is -4.51. The number of carbonyl (C=O) groups excluding carboxylic acids is 1. The molecule has 0 fully saturated rings. The molecule has 3 aromatic carbocycles. The van der Waals surface area contributed by atoms with Gasteiger partial charge in [-0.2, -0.15) is 18.4 Å². The molecule has 28 heavy (non-hydrogen) atoms. The van der Waals surface area contributed by atoms with Crippen LogP contribution >= 0.6 is 0 Å². The van der Waals surface area contributed by atoms with Crippen molar-refractivity contribution in [2.45, 2.75) is 12.8 Å². The lowest BCUT2D eigenvalue weighted by Crippen LogP contribution is -2.06. The van der Waals surface area contributed by atoms with E-state index in [4.69, 9.17) is 10.00 Å². The lowest BCUT2D eigenvalue weighted by molar-refractivity contribution is -0.137. The molecule has 0 N–H and O–H groups in total. The summed E-state index contributed by atoms with van der Waals surface area (Å²) in [4.78, 5) is 10.8. The normalized spacial score (nSPS) is 10.9. The van der Waals surface area contributed by atoms with E-state index in [0.717, 1.165) is 12.1 Å². The van der Waals surface area contributed by atoms with Gasteiger partial charge in [0, 0.05) is 16.7 Å². The van der Waals surface area contributed by atoms with Crippen molar-refractivity contribution >= 4 is 6.29 Å². The number of nitrogens with zero attached hydrogens (tertiary/aromatic N) is 1. The monoisotopic (exact) mass is 381 g/mol. The van der Waals surface area contributed by atoms with Crippen LogP contribution in [-0.4, -0.2) is 6.29 Å². The van der Waals surface area contributed by atoms with Gasteiger partial charge in [0.15, 0.2) is 0 Å². The van der Waals surface area contributed by atoms with Gasteiger partial charge in [-0.25, -0.2) is 0 Å². The summed E-state index contributed by atoms with van der Waals surface area (Å²) in [6, 6.07) is 18.5. The molecule has 0 saturated heterocycles. The second-order valence-electron chi connectivity index (χ2n) is 6.01. The molecule has 3 rings (SSSR count). The molecule has 0 bridgehead atoms. The summed E-state index contributed by atoms with van der Waals surface area (Å²) < 4.78 is 45.1. The Kier molecular flexibility index (Phi) is 5.46. The van der Waals surface area contributed by atoms with Crippen molar-refractivity contribution in [1.29, 1.82) is 5.26 Å². The summed E-state index contributed by atoms with van der Waals surface area (Å²) in [7, 11) is 0. The molecule has 0 aliphatic carbocycles. The third-order valence-corrected chi connectivity index (χ3v) is 4.19. The molecule has 0 aliphatic rings. The highest BCUT2D eigenvalue weighted by molar-refractivity contribution is 5.78. The number of hydrogen-bond acceptors (Lipinski definition) is 3. The molecule has 0 unspecified atom stereocenters. The van der Waals surface area contributed by atoms with E-state index in [0.29, 0.717) is 34.1 Å². The molecular weight excluding hydrogens is 367 g/mol. The predicted molar refractivity (Wildman–Crippen MR) is 97.8 cm³/mol. The van der Waals surface area contributed by atoms with Crippen LogP contribution in [-0.2, 0) is 12.8 Å². The fourth-order valence-electron chi connectivity index (χ4n) is 2.71. The lowest BCUT2D eigenvalue weighted by atomic mass is 10.0. The van der Waals surface area contributed by atoms with E-state index in [-0.39, 0.29) is 12.4 Å². The Morgan fingerprint density at radius 3 is 2.36 bits per heavy atom. The highest BCUT2D eigenvalue weighted by Gasteiger charge is 2.31. The average molecular weight is 381 g/mol. The van der Waals surface area contributed by atoms with Crippen molar-refractivity contribution in [1.82, 2.24) is 0 Å². The smallest absolute Gasteiger partial charge is 0.416 e. The topological polar surface area (TPSA) is 50.1 Å². The van der Waals surface area contributed by atoms with Crippen molar-refractivity contribution in [2.75, 3.05) is 0 Å². The van der Waals surface area contributed by atoms with E-state index in [1.807, 2.05) is 6.07 Å². The van der Waals surface area contributed by atoms with Crippen LogP contribution in [0.2, 0.25) is 0 Å². The second-order valence-corrected chi connectivity index (χ2v) is 6.01. The number of alkyl halides is 3. The molecule has 6 heteroatoms. The number of halogens is 3. The Labute approximate surface area is 159 Å². The molecular formula is C22H14F3NO2. The molecule has 3 aromatic rings. The van der Waals surface area contributed by atoms with Gasteiger partial charge in [0.1, 0.15) is 18.6 Å². The molecule has 0 amide bonds. The van der Waals surface area contributed by atoms with Gasteiger partial charge in [-0.1, -0.05) is 48.5 Å². The SMILES string of the molecule is N#Cc1ccccc1COc1cc(C(F)(F)F)ccc1-c1ccc(C=O)cc1. The van der Waals surface area contributed by atoms with Crippen LogP contribution in [0.25, 0.3) is 11.1 Å². The number of nitriles is 1. The molecule has 0 radical (unpaired) electrons. The van der Waals surface area contributed by atoms with Crippen molar-refractivity contribution in [3.8, 4) is 22.9 Å². The maximum absolute atomic E-state index is 13.1. The van der Waals surface area contributed by atoms with E-state index in [9.17, 15) is 18.0 Å². The number of hydrogen-bond donors (Lipinski definition) is 0. The standard InChI is InChI=1S/C22H14F3NO2/c23-22(24,25)19-9-10-20(16-7-5-15(13-27)6-8-16)21(11-19)28-14-18-4-2-1-3-17(18)12-26/h1-11,13H,14H2. The fourth-order valence-corrected chi connectivity index (χ4v) is 2.71. The maximum atomic E-state index is 13.1. The van der Waals surface area contributed by atoms with Gasteiger partial charge >= 0.3 is 6.18 Å². The first-order chi connectivity index (χ1) is 13.4. The zero-order valence-corrected chi connectivity index (χ0v) is 14.5. The summed E-state index contributed by atoms with van der Waals surface area (Å²) in [6.07, 6.45) is -3.82. The Bertz CT molecular complexity index is 1030. The molecule has 140 valence electrons. The molecule has 0 atom stereocenters. The van der Waals surface area contributed by atoms with Crippen molar-refractivity contribution in [3.05, 3.63) is 89.0 Å². The van der Waals surface area contributed by atoms with Crippen molar-refractivity contribution in [2.24, 2.45) is 0 Å². The number of ether oxygens (including phenoxy) is 1. The van der Waals surface area contributed by atoms with Gasteiger partial charge in [-0.15, -0.1) is 0 Å². The Morgan fingerprint density at radius 2 is 1.71 bits per heavy atom. The van der Waals surface area contributed by atoms with E-state index >= 15 is 0 Å². The largest absolute Gasteiger partial charge is 0.488 e. The number of aldehydes is 1. The quantitative estimate of drug-likeness (QED) is 0.538. The van der Waals surface area contributed by atoms with Crippen LogP contribution in [0.3, 0.4) is 0 Å². The second kappa shape index (κ2) is 7.97. The van der Waals surface area contributed by atoms with Crippen LogP contribution in [0.15, 0.2) is 66.7 Å². The van der Waals surface area contributed by atoms with E-state index in [2.05, 4.69) is 0 Å². The Morgan fingerprint density at radius 1 is 1.00 bits per heavy atom. The molecule has 0 heterocycles. The van der Waals surface area contributed by atoms with Crippen LogP contribution in [0, 0.1) is 11.3 Å². The first-order valence-electron chi connectivity index (χ1n) is 8.30. The van der Waals surface area contributed by atoms with Crippen LogP contribution in [0.1, 0.15) is 27.0 Å². The van der Waals surface area contributed by atoms with E-state index < -0.39 is 11.7 Å². The molecule has 0 saturated carbocycles. The third kappa shape index (κ3) is 4.21. The summed E-state index contributed by atoms with van der Waals surface area (Å²) in [5.74, 6) is 0.0430. The predicted octanol–water partition coefficient (Wildman–Crippen LogP) is 5.64. The highest BCUT2D eigenvalue weighted by Crippen LogP contribution is 2.37. The van der Waals surface area contributed by atoms with Crippen LogP contribution < -0.4 is 4.74 Å². The minimum Gasteiger partial charge on any atom is -0.488 e. The molecule has 0 aromatic heterocycles. The summed E-state index contributed by atoms with van der Waals surface area (Å²) in [6.45, 7) is -0.0511. The summed E-state index contributed by atoms with van der Waals surface area (Å²) >= 11 is 0. The van der Waals surface area contributed by atoms with Gasteiger partial charge in [0.2, 0.25) is 0 Å². The molecule has 0 aliphatic heterocycles. The number of benzene rings is 3. The summed E-state index contributed by atoms with van der Waals surface area (Å²) in [5.41, 5.74) is 1.67. The van der Waals surface area contributed by atoms with Gasteiger partial charge in [-0.05, 0) is 23.8 Å². The first-order valence-corrected chi connectivity index (χ1v) is 8.30. The van der Waals surface area contributed by atoms with E-state index in [1.54, 1.807) is 48.5 Å². The van der Waals surface area contributed by atoms with Gasteiger partial charge in [0.05, 0.1) is 17.2 Å². The zero-order valence-electron chi connectivity index (χ0n) is 14.5. The van der Waals surface area contributed by atoms with Crippen molar-refractivity contribution < 1.29 is 22.7 Å². The van der Waals surface area contributed by atoms with Crippen LogP contribution in [0.5, 0.6) is 5.75 Å². The van der Waals surface area contributed by atoms with Gasteiger partial charge in [0.25, 0.3) is 0 Å². The number of rotatable bonds is 5. The lowest BCUT2D eigenvalue weighted by Gasteiger charge is -2.15. The third-order valence-electron chi connectivity index (χ3n) is 4.19. The van der Waals surface area contributed by atoms with Gasteiger partial charge < -0.3 is 4.74 Å². The first kappa shape index (κ1) is 19.2. The molecule has 3 nitrogen and oxygen atoms in total. The van der Waals surface area contributed by atoms with Crippen LogP contribution in [0.4, 0.5) is 13.2 Å². The Balaban J connectivity index is 2.00. The van der Waals surface area contributed by atoms with Crippen molar-refractivity contribution in [3.63, 3.8) is 0 Å². The maximum Gasteiger partial charge on any atom is 0.416 e. The van der Waals surface area contributed by atoms with Gasteiger partial charge in [-0.3, -0.25) is 4.79 Å². The van der Waals surface area contributed by atoms with E-state index in [1.165, 1.54) is 6.07 Å². The number of carbonyl (C=O) groups is 1. The average Bonchev–Trinajstić information content (AvgIpc) is 2.71. The fraction of sp³-hybridized carbons (Fsp3) is 0.0909. The Hall–Kier alpha value is -3.59. The zero-order chi connectivity index (χ0) is 20.1.